The van der Waals surface area contributed by atoms with E-state index in [1.807, 2.05) is 20.0 Å². The van der Waals surface area contributed by atoms with Gasteiger partial charge in [0.1, 0.15) is 5.82 Å². The molecule has 9 heteroatoms. The molecule has 1 fully saturated rings. The summed E-state index contributed by atoms with van der Waals surface area (Å²) in [7, 11) is 2.12. The molecular formula is C19H33FN6OS. The smallest absolute Gasteiger partial charge is 0.219 e. The van der Waals surface area contributed by atoms with E-state index < -0.39 is 5.82 Å². The van der Waals surface area contributed by atoms with Gasteiger partial charge in [-0.25, -0.2) is 14.4 Å². The number of rotatable bonds is 5. The van der Waals surface area contributed by atoms with Crippen LogP contribution in [-0.4, -0.2) is 70.4 Å². The fourth-order valence-electron chi connectivity index (χ4n) is 3.22. The lowest BCUT2D eigenvalue weighted by Crippen LogP contribution is -2.41. The van der Waals surface area contributed by atoms with Crippen molar-refractivity contribution in [3.8, 4) is 0 Å². The van der Waals surface area contributed by atoms with E-state index in [4.69, 9.17) is 0 Å². The molecule has 1 amide bonds. The maximum Gasteiger partial charge on any atom is 0.219 e. The number of thioether (sulfide) groups is 1. The summed E-state index contributed by atoms with van der Waals surface area (Å²) in [5.74, 6) is 0.225. The van der Waals surface area contributed by atoms with Crippen molar-refractivity contribution in [3.05, 3.63) is 35.1 Å². The average molecular weight is 413 g/mol. The van der Waals surface area contributed by atoms with E-state index >= 15 is 0 Å². The third-order valence-electron chi connectivity index (χ3n) is 4.55. The van der Waals surface area contributed by atoms with Gasteiger partial charge in [0.25, 0.3) is 0 Å². The molecule has 3 rings (SSSR count). The highest BCUT2D eigenvalue weighted by molar-refractivity contribution is 8.03. The van der Waals surface area contributed by atoms with Gasteiger partial charge < -0.3 is 15.5 Å². The van der Waals surface area contributed by atoms with Gasteiger partial charge in [-0.1, -0.05) is 25.6 Å². The Labute approximate surface area is 172 Å². The van der Waals surface area contributed by atoms with Crippen LogP contribution in [-0.2, 0) is 11.2 Å². The highest BCUT2D eigenvalue weighted by Crippen LogP contribution is 2.25. The van der Waals surface area contributed by atoms with Gasteiger partial charge in [-0.3, -0.25) is 9.69 Å². The molecule has 2 unspecified atom stereocenters. The van der Waals surface area contributed by atoms with Crippen LogP contribution < -0.4 is 10.6 Å². The maximum absolute atomic E-state index is 13.0. The SMILES string of the molecule is CC.CC(=O)NC1NC=C(CN2CCCN(C)C(Cc3ncc(F)cn3)C2)S1.[HH]. The Kier molecular flexibility index (Phi) is 9.14. The number of carbonyl (C=O) groups excluding carboxylic acids is 1. The van der Waals surface area contributed by atoms with Crippen molar-refractivity contribution in [2.24, 2.45) is 0 Å². The number of hydrogen-bond acceptors (Lipinski definition) is 7. The summed E-state index contributed by atoms with van der Waals surface area (Å²) in [6, 6.07) is 0.286. The third-order valence-corrected chi connectivity index (χ3v) is 5.59. The lowest BCUT2D eigenvalue weighted by Gasteiger charge is -2.28. The molecule has 2 aliphatic rings. The minimum Gasteiger partial charge on any atom is -0.362 e. The number of amides is 1. The van der Waals surface area contributed by atoms with Crippen LogP contribution >= 0.6 is 11.8 Å². The molecule has 28 heavy (non-hydrogen) atoms. The molecule has 2 aliphatic heterocycles. The Balaban J connectivity index is 0.00000136. The molecule has 3 heterocycles. The summed E-state index contributed by atoms with van der Waals surface area (Å²) in [6.45, 7) is 9.31. The molecule has 2 atom stereocenters. The first-order chi connectivity index (χ1) is 13.5. The molecule has 1 aromatic heterocycles. The average Bonchev–Trinajstić information content (AvgIpc) is 3.02. The summed E-state index contributed by atoms with van der Waals surface area (Å²) in [5.41, 5.74) is -0.0828. The molecule has 0 saturated carbocycles. The van der Waals surface area contributed by atoms with E-state index in [1.54, 1.807) is 11.8 Å². The largest absolute Gasteiger partial charge is 0.362 e. The molecular weight excluding hydrogens is 379 g/mol. The second kappa shape index (κ2) is 11.3. The summed E-state index contributed by atoms with van der Waals surface area (Å²) in [5, 5.41) is 6.05. The Hall–Kier alpha value is -1.71. The van der Waals surface area contributed by atoms with Gasteiger partial charge in [0.2, 0.25) is 5.91 Å². The van der Waals surface area contributed by atoms with Crippen molar-refractivity contribution in [1.82, 2.24) is 30.4 Å². The van der Waals surface area contributed by atoms with Gasteiger partial charge in [-0.05, 0) is 26.6 Å². The quantitative estimate of drug-likeness (QED) is 0.767. The van der Waals surface area contributed by atoms with Crippen molar-refractivity contribution < 1.29 is 10.6 Å². The van der Waals surface area contributed by atoms with Crippen LogP contribution in [0.1, 0.15) is 34.4 Å². The van der Waals surface area contributed by atoms with Gasteiger partial charge >= 0.3 is 0 Å². The Morgan fingerprint density at radius 1 is 1.39 bits per heavy atom. The minimum absolute atomic E-state index is 0. The first kappa shape index (κ1) is 22.6. The lowest BCUT2D eigenvalue weighted by atomic mass is 10.1. The number of aromatic nitrogens is 2. The van der Waals surface area contributed by atoms with Crippen LogP contribution in [0.2, 0.25) is 0 Å². The molecule has 7 nitrogen and oxygen atoms in total. The van der Waals surface area contributed by atoms with E-state index in [9.17, 15) is 9.18 Å². The van der Waals surface area contributed by atoms with Crippen LogP contribution in [0.15, 0.2) is 23.5 Å². The Bertz CT molecular complexity index is 663. The van der Waals surface area contributed by atoms with Gasteiger partial charge in [0.15, 0.2) is 11.3 Å². The number of carbonyl (C=O) groups is 1. The molecule has 0 spiro atoms. The van der Waals surface area contributed by atoms with Crippen molar-refractivity contribution >= 4 is 17.7 Å². The number of likely N-dealkylation sites (N-methyl/N-ethyl adjacent to an activating group) is 1. The summed E-state index contributed by atoms with van der Waals surface area (Å²) in [4.78, 5) is 25.4. The van der Waals surface area contributed by atoms with Crippen molar-refractivity contribution in [1.29, 1.82) is 0 Å². The van der Waals surface area contributed by atoms with E-state index in [0.717, 1.165) is 32.6 Å². The molecule has 1 saturated heterocycles. The van der Waals surface area contributed by atoms with Gasteiger partial charge in [0.05, 0.1) is 12.4 Å². The zero-order valence-electron chi connectivity index (χ0n) is 17.1. The Morgan fingerprint density at radius 3 is 2.79 bits per heavy atom. The number of nitrogens with one attached hydrogen (secondary N) is 2. The standard InChI is InChI=1S/C17H25FN6OS.C2H6.H2/c1-12(25)22-17-21-9-15(26-17)11-24-5-3-4-23(2)14(10-24)6-16-19-7-13(18)8-20-16;1-2;/h7-9,14,17,21H,3-6,10-11H2,1-2H3,(H,22,25);1-2H3;1H. The Morgan fingerprint density at radius 2 is 2.11 bits per heavy atom. The van der Waals surface area contributed by atoms with Crippen molar-refractivity contribution in [2.45, 2.75) is 45.2 Å². The zero-order chi connectivity index (χ0) is 20.5. The first-order valence-corrected chi connectivity index (χ1v) is 10.7. The van der Waals surface area contributed by atoms with E-state index in [0.29, 0.717) is 12.2 Å². The van der Waals surface area contributed by atoms with Crippen LogP contribution in [0, 0.1) is 5.82 Å². The van der Waals surface area contributed by atoms with Crippen LogP contribution in [0.3, 0.4) is 0 Å². The monoisotopic (exact) mass is 412 g/mol. The zero-order valence-corrected chi connectivity index (χ0v) is 17.9. The topological polar surface area (TPSA) is 73.4 Å². The minimum atomic E-state index is -0.406. The molecule has 0 bridgehead atoms. The first-order valence-electron chi connectivity index (χ1n) is 9.77. The fraction of sp³-hybridized carbons (Fsp3) is 0.632. The highest BCUT2D eigenvalue weighted by atomic mass is 32.2. The molecule has 0 aliphatic carbocycles. The van der Waals surface area contributed by atoms with Crippen LogP contribution in [0.5, 0.6) is 0 Å². The predicted octanol–water partition coefficient (Wildman–Crippen LogP) is 2.03. The third kappa shape index (κ3) is 7.03. The fourth-order valence-corrected chi connectivity index (χ4v) is 4.28. The molecule has 1 aromatic rings. The second-order valence-electron chi connectivity index (χ2n) is 6.72. The predicted molar refractivity (Wildman–Crippen MR) is 113 cm³/mol. The molecule has 158 valence electrons. The number of halogens is 1. The highest BCUT2D eigenvalue weighted by Gasteiger charge is 2.26. The normalized spacial score (nSPS) is 23.1. The van der Waals surface area contributed by atoms with Gasteiger partial charge in [0, 0.05) is 45.0 Å². The summed E-state index contributed by atoms with van der Waals surface area (Å²) in [6.07, 6.45) is 6.23. The summed E-state index contributed by atoms with van der Waals surface area (Å²) < 4.78 is 13.0. The van der Waals surface area contributed by atoms with E-state index in [2.05, 4.69) is 37.4 Å². The number of nitrogens with zero attached hydrogens (tertiary/aromatic N) is 4. The summed E-state index contributed by atoms with van der Waals surface area (Å²) >= 11 is 1.64. The van der Waals surface area contributed by atoms with Crippen LogP contribution in [0.4, 0.5) is 4.39 Å². The van der Waals surface area contributed by atoms with E-state index in [-0.39, 0.29) is 18.9 Å². The lowest BCUT2D eigenvalue weighted by molar-refractivity contribution is -0.119. The van der Waals surface area contributed by atoms with E-state index in [1.165, 1.54) is 24.2 Å². The molecule has 0 aromatic carbocycles. The second-order valence-corrected chi connectivity index (χ2v) is 7.95. The van der Waals surface area contributed by atoms with Crippen molar-refractivity contribution in [2.75, 3.05) is 33.2 Å². The van der Waals surface area contributed by atoms with Gasteiger partial charge in [-0.2, -0.15) is 0 Å². The van der Waals surface area contributed by atoms with Crippen LogP contribution in [0.25, 0.3) is 0 Å². The molecule has 2 N–H and O–H groups in total. The maximum atomic E-state index is 13.0. The van der Waals surface area contributed by atoms with Gasteiger partial charge in [-0.15, -0.1) is 0 Å². The van der Waals surface area contributed by atoms with Crippen molar-refractivity contribution in [3.63, 3.8) is 0 Å². The molecule has 0 radical (unpaired) electrons. The number of hydrogen-bond donors (Lipinski definition) is 2.